The Labute approximate surface area is 81.4 Å². The third kappa shape index (κ3) is 38.2. The SMILES string of the molecule is CC(C)CC(=O)O.ClC(Cl)Cl. The molecule has 0 aromatic rings. The van der Waals surface area contributed by atoms with Crippen LogP contribution in [0.15, 0.2) is 0 Å². The van der Waals surface area contributed by atoms with Gasteiger partial charge in [-0.1, -0.05) is 48.7 Å². The second-order valence-corrected chi connectivity index (χ2v) is 4.22. The van der Waals surface area contributed by atoms with E-state index >= 15 is 0 Å². The summed E-state index contributed by atoms with van der Waals surface area (Å²) in [6.07, 6.45) is 0.278. The highest BCUT2D eigenvalue weighted by atomic mass is 35.6. The molecule has 0 spiro atoms. The first-order valence-electron chi connectivity index (χ1n) is 3.00. The molecule has 0 bridgehead atoms. The second-order valence-electron chi connectivity index (χ2n) is 2.24. The van der Waals surface area contributed by atoms with Crippen LogP contribution in [0.5, 0.6) is 0 Å². The van der Waals surface area contributed by atoms with Gasteiger partial charge in [0, 0.05) is 6.42 Å². The second kappa shape index (κ2) is 8.44. The Balaban J connectivity index is 0. The van der Waals surface area contributed by atoms with E-state index in [1.54, 1.807) is 0 Å². The molecule has 1 N–H and O–H groups in total. The number of halogens is 3. The summed E-state index contributed by atoms with van der Waals surface area (Å²) in [6.45, 7) is 3.77. The van der Waals surface area contributed by atoms with Crippen molar-refractivity contribution in [3.8, 4) is 0 Å². The lowest BCUT2D eigenvalue weighted by Crippen LogP contribution is -1.99. The van der Waals surface area contributed by atoms with Gasteiger partial charge in [0.1, 0.15) is 0 Å². The van der Waals surface area contributed by atoms with Crippen LogP contribution in [0, 0.1) is 5.92 Å². The number of carboxylic acids is 1. The molecule has 0 aliphatic carbocycles. The molecule has 0 heterocycles. The molecule has 68 valence electrons. The number of carboxylic acid groups (broad SMARTS) is 1. The Kier molecular flexibility index (Phi) is 10.7. The average Bonchev–Trinajstić information content (AvgIpc) is 1.56. The van der Waals surface area contributed by atoms with Crippen molar-refractivity contribution in [1.29, 1.82) is 0 Å². The molecule has 0 unspecified atom stereocenters. The highest BCUT2D eigenvalue weighted by molar-refractivity contribution is 6.63. The Bertz CT molecular complexity index is 101. The first kappa shape index (κ1) is 13.9. The molecule has 0 aliphatic rings. The summed E-state index contributed by atoms with van der Waals surface area (Å²) in [5.74, 6) is -0.438. The normalized spacial score (nSPS) is 9.36. The van der Waals surface area contributed by atoms with E-state index in [9.17, 15) is 4.79 Å². The zero-order valence-electron chi connectivity index (χ0n) is 6.35. The summed E-state index contributed by atoms with van der Waals surface area (Å²) in [5.41, 5.74) is 0. The van der Waals surface area contributed by atoms with Crippen molar-refractivity contribution in [1.82, 2.24) is 0 Å². The van der Waals surface area contributed by atoms with Crippen LogP contribution in [0.25, 0.3) is 0 Å². The van der Waals surface area contributed by atoms with Gasteiger partial charge in [-0.25, -0.2) is 0 Å². The number of hydrogen-bond acceptors (Lipinski definition) is 1. The van der Waals surface area contributed by atoms with Crippen molar-refractivity contribution in [2.75, 3.05) is 0 Å². The van der Waals surface area contributed by atoms with Gasteiger partial charge in [-0.2, -0.15) is 0 Å². The minimum Gasteiger partial charge on any atom is -0.481 e. The zero-order chi connectivity index (χ0) is 9.44. The third-order valence-electron chi connectivity index (χ3n) is 0.583. The van der Waals surface area contributed by atoms with Gasteiger partial charge in [0.05, 0.1) is 0 Å². The monoisotopic (exact) mass is 220 g/mol. The highest BCUT2D eigenvalue weighted by Gasteiger charge is 1.98. The standard InChI is InChI=1S/C5H10O2.CHCl3/c1-4(2)3-5(6)7;2-1(3)4/h4H,3H2,1-2H3,(H,6,7);1H. The summed E-state index contributed by atoms with van der Waals surface area (Å²) in [7, 11) is 0. The predicted molar refractivity (Wildman–Crippen MR) is 48.4 cm³/mol. The number of alkyl halides is 3. The molecule has 2 nitrogen and oxygen atoms in total. The first-order valence-corrected chi connectivity index (χ1v) is 4.31. The number of rotatable bonds is 2. The maximum absolute atomic E-state index is 9.81. The van der Waals surface area contributed by atoms with Gasteiger partial charge in [0.2, 0.25) is 0 Å². The Hall–Kier alpha value is 0.340. The molecule has 0 atom stereocenters. The van der Waals surface area contributed by atoms with E-state index in [0.29, 0.717) is 0 Å². The van der Waals surface area contributed by atoms with Gasteiger partial charge >= 0.3 is 5.97 Å². The van der Waals surface area contributed by atoms with E-state index in [1.807, 2.05) is 13.8 Å². The van der Waals surface area contributed by atoms with Gasteiger partial charge in [-0.15, -0.1) is 0 Å². The molecule has 5 heteroatoms. The minimum absolute atomic E-state index is 0.275. The van der Waals surface area contributed by atoms with Gasteiger partial charge in [-0.3, -0.25) is 4.79 Å². The molecule has 0 amide bonds. The van der Waals surface area contributed by atoms with Gasteiger partial charge in [0.15, 0.2) is 4.30 Å². The lowest BCUT2D eigenvalue weighted by atomic mass is 10.1. The van der Waals surface area contributed by atoms with Crippen LogP contribution in [0.1, 0.15) is 20.3 Å². The number of hydrogen-bond donors (Lipinski definition) is 1. The van der Waals surface area contributed by atoms with Crippen LogP contribution in [-0.2, 0) is 4.79 Å². The molecule has 11 heavy (non-hydrogen) atoms. The van der Waals surface area contributed by atoms with E-state index < -0.39 is 10.3 Å². The lowest BCUT2D eigenvalue weighted by molar-refractivity contribution is -0.137. The Morgan fingerprint density at radius 2 is 1.64 bits per heavy atom. The molecule has 0 aliphatic heterocycles. The van der Waals surface area contributed by atoms with E-state index in [0.717, 1.165) is 0 Å². The molecule has 0 fully saturated rings. The molecule has 0 aromatic heterocycles. The molecule has 0 rings (SSSR count). The van der Waals surface area contributed by atoms with Crippen molar-refractivity contribution in [2.24, 2.45) is 5.92 Å². The van der Waals surface area contributed by atoms with E-state index in [1.165, 1.54) is 0 Å². The average molecular weight is 222 g/mol. The quantitative estimate of drug-likeness (QED) is 0.728. The highest BCUT2D eigenvalue weighted by Crippen LogP contribution is 2.03. The Morgan fingerprint density at radius 1 is 1.36 bits per heavy atom. The fraction of sp³-hybridized carbons (Fsp3) is 0.833. The van der Waals surface area contributed by atoms with Gasteiger partial charge in [-0.05, 0) is 5.92 Å². The topological polar surface area (TPSA) is 37.3 Å². The summed E-state index contributed by atoms with van der Waals surface area (Å²) < 4.78 is -0.750. The maximum Gasteiger partial charge on any atom is 0.303 e. The summed E-state index contributed by atoms with van der Waals surface area (Å²) in [5, 5.41) is 8.08. The van der Waals surface area contributed by atoms with Gasteiger partial charge < -0.3 is 5.11 Å². The fourth-order valence-corrected chi connectivity index (χ4v) is 0.349. The smallest absolute Gasteiger partial charge is 0.303 e. The number of aliphatic carboxylic acids is 1. The summed E-state index contributed by atoms with van der Waals surface area (Å²) in [6, 6.07) is 0. The van der Waals surface area contributed by atoms with Crippen molar-refractivity contribution < 1.29 is 9.90 Å². The van der Waals surface area contributed by atoms with Crippen LogP contribution >= 0.6 is 34.8 Å². The van der Waals surface area contributed by atoms with Crippen molar-refractivity contribution in [3.63, 3.8) is 0 Å². The van der Waals surface area contributed by atoms with E-state index in [2.05, 4.69) is 0 Å². The minimum atomic E-state index is -0.750. The third-order valence-corrected chi connectivity index (χ3v) is 0.583. The molecular weight excluding hydrogens is 210 g/mol. The van der Waals surface area contributed by atoms with Crippen LogP contribution in [0.2, 0.25) is 0 Å². The largest absolute Gasteiger partial charge is 0.481 e. The maximum atomic E-state index is 9.81. The molecule has 0 saturated heterocycles. The first-order chi connectivity index (χ1) is 4.86. The van der Waals surface area contributed by atoms with Crippen molar-refractivity contribution in [2.45, 2.75) is 24.6 Å². The summed E-state index contributed by atoms with van der Waals surface area (Å²) in [4.78, 5) is 9.81. The lowest BCUT2D eigenvalue weighted by Gasteiger charge is -1.94. The van der Waals surface area contributed by atoms with Crippen LogP contribution < -0.4 is 0 Å². The Morgan fingerprint density at radius 3 is 1.64 bits per heavy atom. The summed E-state index contributed by atoms with van der Waals surface area (Å²) >= 11 is 14.4. The van der Waals surface area contributed by atoms with Crippen LogP contribution in [-0.4, -0.2) is 15.4 Å². The van der Waals surface area contributed by atoms with Crippen LogP contribution in [0.4, 0.5) is 0 Å². The molecule has 0 aromatic carbocycles. The zero-order valence-corrected chi connectivity index (χ0v) is 8.62. The number of carbonyl (C=O) groups is 1. The fourth-order valence-electron chi connectivity index (χ4n) is 0.349. The van der Waals surface area contributed by atoms with Crippen molar-refractivity contribution in [3.05, 3.63) is 0 Å². The van der Waals surface area contributed by atoms with Gasteiger partial charge in [0.25, 0.3) is 0 Å². The van der Waals surface area contributed by atoms with E-state index in [-0.39, 0.29) is 12.3 Å². The van der Waals surface area contributed by atoms with E-state index in [4.69, 9.17) is 39.9 Å². The van der Waals surface area contributed by atoms with Crippen LogP contribution in [0.3, 0.4) is 0 Å². The molecule has 0 saturated carbocycles. The van der Waals surface area contributed by atoms with Crippen molar-refractivity contribution >= 4 is 40.8 Å². The molecular formula is C6H11Cl3O2. The predicted octanol–water partition coefficient (Wildman–Crippen LogP) is 3.10. The molecule has 0 radical (unpaired) electrons.